The molecule has 4 rings (SSSR count). The van der Waals surface area contributed by atoms with E-state index in [0.717, 1.165) is 0 Å². The van der Waals surface area contributed by atoms with Crippen molar-refractivity contribution in [2.75, 3.05) is 25.2 Å². The molecular weight excluding hydrogens is 456 g/mol. The fraction of sp³-hybridized carbons (Fsp3) is 0.200. The fourth-order valence-electron chi connectivity index (χ4n) is 3.71. The lowest BCUT2D eigenvalue weighted by Crippen LogP contribution is -2.46. The Morgan fingerprint density at radius 1 is 1.00 bits per heavy atom. The Kier molecular flexibility index (Phi) is 7.41. The number of ether oxygens (including phenoxy) is 1. The lowest BCUT2D eigenvalue weighted by Gasteiger charge is -2.31. The van der Waals surface area contributed by atoms with Crippen LogP contribution in [0.2, 0.25) is 0 Å². The van der Waals surface area contributed by atoms with Crippen LogP contribution in [0.5, 0.6) is 0 Å². The molecule has 10 heteroatoms. The largest absolute Gasteiger partial charge is 0.383 e. The molecule has 1 N–H and O–H groups in total. The van der Waals surface area contributed by atoms with E-state index in [0.29, 0.717) is 16.6 Å². The third-order valence-electron chi connectivity index (χ3n) is 5.38. The average Bonchev–Trinajstić information content (AvgIpc) is 3.27. The molecular formula is C25H23F2N5O3. The summed E-state index contributed by atoms with van der Waals surface area (Å²) >= 11 is 0. The SMILES string of the molecule is COCCNC(=O)[C@H](c1ccc(F)cc1)N(C(=O)Cn1nnc2ccccc21)c1ccc(F)cc1. The van der Waals surface area contributed by atoms with Gasteiger partial charge in [0, 0.05) is 19.3 Å². The predicted molar refractivity (Wildman–Crippen MR) is 125 cm³/mol. The average molecular weight is 479 g/mol. The van der Waals surface area contributed by atoms with Gasteiger partial charge < -0.3 is 10.1 Å². The normalized spacial score (nSPS) is 11.9. The summed E-state index contributed by atoms with van der Waals surface area (Å²) in [5, 5.41) is 10.9. The van der Waals surface area contributed by atoms with Crippen molar-refractivity contribution in [3.63, 3.8) is 0 Å². The molecule has 0 aliphatic rings. The van der Waals surface area contributed by atoms with Crippen LogP contribution >= 0.6 is 0 Å². The molecule has 1 atom stereocenters. The standard InChI is InChI=1S/C25H23F2N5O3/c1-35-15-14-28-25(34)24(17-6-8-18(26)9-7-17)32(20-12-10-19(27)11-13-20)23(33)16-31-22-5-3-2-4-21(22)29-30-31/h2-13,24H,14-16H2,1H3,(H,28,34)/t24-/m0/s1. The van der Waals surface area contributed by atoms with E-state index in [1.165, 1.54) is 65.2 Å². The smallest absolute Gasteiger partial charge is 0.249 e. The minimum absolute atomic E-state index is 0.201. The van der Waals surface area contributed by atoms with Crippen molar-refractivity contribution in [3.05, 3.63) is 90.0 Å². The van der Waals surface area contributed by atoms with E-state index in [1.807, 2.05) is 6.07 Å². The summed E-state index contributed by atoms with van der Waals surface area (Å²) in [5.74, 6) is -1.98. The van der Waals surface area contributed by atoms with Crippen molar-refractivity contribution < 1.29 is 23.1 Å². The third kappa shape index (κ3) is 5.49. The third-order valence-corrected chi connectivity index (χ3v) is 5.38. The summed E-state index contributed by atoms with van der Waals surface area (Å²) in [7, 11) is 1.50. The van der Waals surface area contributed by atoms with Crippen LogP contribution in [0.15, 0.2) is 72.8 Å². The summed E-state index contributed by atoms with van der Waals surface area (Å²) in [6.07, 6.45) is 0. The number of para-hydroxylation sites is 1. The number of fused-ring (bicyclic) bond motifs is 1. The molecule has 0 saturated carbocycles. The highest BCUT2D eigenvalue weighted by molar-refractivity contribution is 6.01. The van der Waals surface area contributed by atoms with Gasteiger partial charge in [-0.25, -0.2) is 13.5 Å². The predicted octanol–water partition coefficient (Wildman–Crippen LogP) is 3.25. The number of methoxy groups -OCH3 is 1. The summed E-state index contributed by atoms with van der Waals surface area (Å²) < 4.78 is 33.8. The molecule has 2 amide bonds. The summed E-state index contributed by atoms with van der Waals surface area (Å²) in [6.45, 7) is 0.227. The van der Waals surface area contributed by atoms with E-state index in [1.54, 1.807) is 18.2 Å². The number of rotatable bonds is 9. The summed E-state index contributed by atoms with van der Waals surface area (Å²) in [4.78, 5) is 28.3. The Morgan fingerprint density at radius 2 is 1.66 bits per heavy atom. The van der Waals surface area contributed by atoms with Crippen LogP contribution in [0.25, 0.3) is 11.0 Å². The molecule has 0 spiro atoms. The van der Waals surface area contributed by atoms with Crippen molar-refractivity contribution in [2.24, 2.45) is 0 Å². The van der Waals surface area contributed by atoms with Gasteiger partial charge in [0.25, 0.3) is 0 Å². The van der Waals surface area contributed by atoms with Crippen LogP contribution in [-0.2, 0) is 20.9 Å². The van der Waals surface area contributed by atoms with Gasteiger partial charge in [-0.3, -0.25) is 14.5 Å². The van der Waals surface area contributed by atoms with E-state index >= 15 is 0 Å². The molecule has 35 heavy (non-hydrogen) atoms. The fourth-order valence-corrected chi connectivity index (χ4v) is 3.71. The first kappa shape index (κ1) is 24.0. The second-order valence-electron chi connectivity index (χ2n) is 7.71. The zero-order chi connectivity index (χ0) is 24.8. The number of carbonyl (C=O) groups excluding carboxylic acids is 2. The molecule has 8 nitrogen and oxygen atoms in total. The van der Waals surface area contributed by atoms with Crippen molar-refractivity contribution in [1.29, 1.82) is 0 Å². The first-order chi connectivity index (χ1) is 17.0. The van der Waals surface area contributed by atoms with Crippen molar-refractivity contribution in [1.82, 2.24) is 20.3 Å². The van der Waals surface area contributed by atoms with E-state index in [4.69, 9.17) is 4.74 Å². The number of hydrogen-bond acceptors (Lipinski definition) is 5. The molecule has 180 valence electrons. The summed E-state index contributed by atoms with van der Waals surface area (Å²) in [6, 6.07) is 16.5. The van der Waals surface area contributed by atoms with E-state index < -0.39 is 29.5 Å². The number of amides is 2. The van der Waals surface area contributed by atoms with Crippen LogP contribution in [-0.4, -0.2) is 47.1 Å². The highest BCUT2D eigenvalue weighted by Gasteiger charge is 2.33. The van der Waals surface area contributed by atoms with Crippen molar-refractivity contribution >= 4 is 28.5 Å². The van der Waals surface area contributed by atoms with Crippen LogP contribution in [0, 0.1) is 11.6 Å². The number of halogens is 2. The molecule has 1 aromatic heterocycles. The highest BCUT2D eigenvalue weighted by atomic mass is 19.1. The lowest BCUT2D eigenvalue weighted by molar-refractivity contribution is -0.127. The van der Waals surface area contributed by atoms with Gasteiger partial charge in [0.2, 0.25) is 11.8 Å². The van der Waals surface area contributed by atoms with Crippen LogP contribution in [0.3, 0.4) is 0 Å². The summed E-state index contributed by atoms with van der Waals surface area (Å²) in [5.41, 5.74) is 1.92. The zero-order valence-corrected chi connectivity index (χ0v) is 18.9. The van der Waals surface area contributed by atoms with E-state index in [2.05, 4.69) is 15.6 Å². The maximum Gasteiger partial charge on any atom is 0.249 e. The van der Waals surface area contributed by atoms with Crippen LogP contribution < -0.4 is 10.2 Å². The number of hydrogen-bond donors (Lipinski definition) is 1. The number of carbonyl (C=O) groups is 2. The second kappa shape index (κ2) is 10.8. The van der Waals surface area contributed by atoms with Gasteiger partial charge in [-0.05, 0) is 54.1 Å². The number of nitrogens with zero attached hydrogens (tertiary/aromatic N) is 4. The topological polar surface area (TPSA) is 89.4 Å². The Bertz CT molecular complexity index is 1310. The van der Waals surface area contributed by atoms with Crippen molar-refractivity contribution in [3.8, 4) is 0 Å². The minimum Gasteiger partial charge on any atom is -0.383 e. The van der Waals surface area contributed by atoms with E-state index in [-0.39, 0.29) is 25.4 Å². The Hall–Kier alpha value is -4.18. The minimum atomic E-state index is -1.17. The number of nitrogens with one attached hydrogen (secondary N) is 1. The zero-order valence-electron chi connectivity index (χ0n) is 18.9. The Balaban J connectivity index is 1.76. The van der Waals surface area contributed by atoms with Gasteiger partial charge in [-0.1, -0.05) is 29.5 Å². The molecule has 4 aromatic rings. The van der Waals surface area contributed by atoms with Gasteiger partial charge in [0.15, 0.2) is 0 Å². The molecule has 1 heterocycles. The van der Waals surface area contributed by atoms with Gasteiger partial charge >= 0.3 is 0 Å². The maximum atomic E-state index is 13.7. The van der Waals surface area contributed by atoms with Crippen LogP contribution in [0.4, 0.5) is 14.5 Å². The Morgan fingerprint density at radius 3 is 2.34 bits per heavy atom. The van der Waals surface area contributed by atoms with E-state index in [9.17, 15) is 18.4 Å². The van der Waals surface area contributed by atoms with Gasteiger partial charge in [0.05, 0.1) is 12.1 Å². The molecule has 0 saturated heterocycles. The van der Waals surface area contributed by atoms with Gasteiger partial charge in [-0.2, -0.15) is 0 Å². The lowest BCUT2D eigenvalue weighted by atomic mass is 10.0. The van der Waals surface area contributed by atoms with Crippen molar-refractivity contribution in [2.45, 2.75) is 12.6 Å². The molecule has 0 aliphatic carbocycles. The highest BCUT2D eigenvalue weighted by Crippen LogP contribution is 2.29. The molecule has 0 bridgehead atoms. The van der Waals surface area contributed by atoms with Crippen LogP contribution in [0.1, 0.15) is 11.6 Å². The molecule has 0 radical (unpaired) electrons. The number of anilines is 1. The maximum absolute atomic E-state index is 13.7. The number of benzene rings is 3. The quantitative estimate of drug-likeness (QED) is 0.373. The Labute approximate surface area is 200 Å². The first-order valence-corrected chi connectivity index (χ1v) is 10.9. The molecule has 0 unspecified atom stereocenters. The molecule has 3 aromatic carbocycles. The first-order valence-electron chi connectivity index (χ1n) is 10.9. The monoisotopic (exact) mass is 479 g/mol. The molecule has 0 fully saturated rings. The molecule has 0 aliphatic heterocycles. The van der Waals surface area contributed by atoms with Gasteiger partial charge in [-0.15, -0.1) is 5.10 Å². The second-order valence-corrected chi connectivity index (χ2v) is 7.71. The van der Waals surface area contributed by atoms with Gasteiger partial charge in [0.1, 0.15) is 29.7 Å². The number of aromatic nitrogens is 3.